The number of anilines is 2. The molecule has 2 saturated heterocycles. The first-order chi connectivity index (χ1) is 17.6. The van der Waals surface area contributed by atoms with Crippen molar-refractivity contribution in [3.63, 3.8) is 0 Å². The van der Waals surface area contributed by atoms with Crippen LogP contribution in [0.2, 0.25) is 0 Å². The second-order valence-corrected chi connectivity index (χ2v) is 13.1. The van der Waals surface area contributed by atoms with Crippen molar-refractivity contribution >= 4 is 37.3 Å². The van der Waals surface area contributed by atoms with Gasteiger partial charge in [0.1, 0.15) is 6.54 Å². The van der Waals surface area contributed by atoms with Crippen molar-refractivity contribution in [3.8, 4) is 0 Å². The molecular formula is C25H34N4O6S2. The number of nitrogens with zero attached hydrogens (tertiary/aromatic N) is 3. The largest absolute Gasteiger partial charge is 0.379 e. The smallest absolute Gasteiger partial charge is 0.243 e. The number of carbonyl (C=O) groups excluding carboxylic acids is 1. The normalized spacial score (nSPS) is 17.4. The lowest BCUT2D eigenvalue weighted by atomic mass is 10.1. The Bertz CT molecular complexity index is 1270. The van der Waals surface area contributed by atoms with Crippen LogP contribution in [0, 0.1) is 0 Å². The Kier molecular flexibility index (Phi) is 8.73. The fourth-order valence-corrected chi connectivity index (χ4v) is 6.75. The van der Waals surface area contributed by atoms with E-state index in [0.717, 1.165) is 34.9 Å². The summed E-state index contributed by atoms with van der Waals surface area (Å²) in [7, 11) is -7.50. The van der Waals surface area contributed by atoms with E-state index in [1.807, 2.05) is 24.3 Å². The fraction of sp³-hybridized carbons (Fsp3) is 0.480. The van der Waals surface area contributed by atoms with Gasteiger partial charge in [0.15, 0.2) is 0 Å². The first-order valence-electron chi connectivity index (χ1n) is 12.4. The van der Waals surface area contributed by atoms with Crippen molar-refractivity contribution in [1.82, 2.24) is 9.62 Å². The number of morpholine rings is 1. The van der Waals surface area contributed by atoms with Gasteiger partial charge in [-0.3, -0.25) is 9.10 Å². The first-order valence-corrected chi connectivity index (χ1v) is 15.7. The van der Waals surface area contributed by atoms with Crippen molar-refractivity contribution in [1.29, 1.82) is 0 Å². The van der Waals surface area contributed by atoms with Crippen LogP contribution in [0.1, 0.15) is 24.8 Å². The lowest BCUT2D eigenvalue weighted by Crippen LogP contribution is -2.41. The van der Waals surface area contributed by atoms with Gasteiger partial charge >= 0.3 is 0 Å². The van der Waals surface area contributed by atoms with Crippen LogP contribution < -0.4 is 14.5 Å². The maximum Gasteiger partial charge on any atom is 0.243 e. The third-order valence-electron chi connectivity index (χ3n) is 6.57. The van der Waals surface area contributed by atoms with E-state index in [-0.39, 0.29) is 30.2 Å². The number of rotatable bonds is 9. The van der Waals surface area contributed by atoms with Gasteiger partial charge in [-0.25, -0.2) is 16.8 Å². The molecule has 37 heavy (non-hydrogen) atoms. The van der Waals surface area contributed by atoms with Crippen molar-refractivity contribution in [2.45, 2.75) is 30.7 Å². The quantitative estimate of drug-likeness (QED) is 0.506. The van der Waals surface area contributed by atoms with E-state index in [1.54, 1.807) is 0 Å². The summed E-state index contributed by atoms with van der Waals surface area (Å²) in [4.78, 5) is 15.1. The predicted octanol–water partition coefficient (Wildman–Crippen LogP) is 1.78. The average Bonchev–Trinajstić information content (AvgIpc) is 2.91. The molecule has 12 heteroatoms. The highest BCUT2D eigenvalue weighted by molar-refractivity contribution is 7.92. The number of sulfonamides is 2. The third-order valence-corrected chi connectivity index (χ3v) is 9.62. The summed E-state index contributed by atoms with van der Waals surface area (Å²) in [6.45, 7) is 3.15. The second kappa shape index (κ2) is 11.8. The first kappa shape index (κ1) is 27.4. The molecule has 2 aromatic rings. The van der Waals surface area contributed by atoms with Gasteiger partial charge in [-0.1, -0.05) is 12.1 Å². The molecular weight excluding hydrogens is 516 g/mol. The van der Waals surface area contributed by atoms with Gasteiger partial charge in [0.2, 0.25) is 26.0 Å². The minimum absolute atomic E-state index is 0.0593. The van der Waals surface area contributed by atoms with Crippen LogP contribution in [0.15, 0.2) is 53.4 Å². The number of hydrogen-bond acceptors (Lipinski definition) is 7. The molecule has 0 bridgehead atoms. The molecule has 2 aliphatic rings. The van der Waals surface area contributed by atoms with Crippen LogP contribution >= 0.6 is 0 Å². The van der Waals surface area contributed by atoms with Crippen molar-refractivity contribution in [2.24, 2.45) is 0 Å². The third kappa shape index (κ3) is 7.01. The average molecular weight is 551 g/mol. The summed E-state index contributed by atoms with van der Waals surface area (Å²) in [5.41, 5.74) is 2.29. The van der Waals surface area contributed by atoms with E-state index in [2.05, 4.69) is 10.2 Å². The zero-order chi connectivity index (χ0) is 26.5. The zero-order valence-electron chi connectivity index (χ0n) is 21.0. The molecule has 10 nitrogen and oxygen atoms in total. The Morgan fingerprint density at radius 3 is 2.11 bits per heavy atom. The lowest BCUT2D eigenvalue weighted by molar-refractivity contribution is -0.119. The Morgan fingerprint density at radius 2 is 1.51 bits per heavy atom. The predicted molar refractivity (Wildman–Crippen MR) is 143 cm³/mol. The summed E-state index contributed by atoms with van der Waals surface area (Å²) in [6.07, 6.45) is 4.67. The second-order valence-electron chi connectivity index (χ2n) is 9.27. The molecule has 0 aromatic heterocycles. The molecule has 1 N–H and O–H groups in total. The van der Waals surface area contributed by atoms with Gasteiger partial charge in [-0.15, -0.1) is 0 Å². The van der Waals surface area contributed by atoms with E-state index < -0.39 is 32.5 Å². The van der Waals surface area contributed by atoms with E-state index in [1.165, 1.54) is 47.8 Å². The molecule has 2 fully saturated rings. The molecule has 0 spiro atoms. The van der Waals surface area contributed by atoms with Gasteiger partial charge < -0.3 is 15.0 Å². The summed E-state index contributed by atoms with van der Waals surface area (Å²) >= 11 is 0. The number of benzene rings is 2. The van der Waals surface area contributed by atoms with Gasteiger partial charge in [0.05, 0.1) is 30.1 Å². The molecule has 4 rings (SSSR count). The number of piperidine rings is 1. The van der Waals surface area contributed by atoms with Gasteiger partial charge in [0.25, 0.3) is 0 Å². The standard InChI is InChI=1S/C25H34N4O6S2/c1-36(31,32)29(23-9-11-24(12-10-23)37(33,34)28-15-17-35-18-16-28)20-25(30)26-19-21-5-7-22(8-6-21)27-13-3-2-4-14-27/h5-12H,2-4,13-20H2,1H3,(H,26,30). The highest BCUT2D eigenvalue weighted by Gasteiger charge is 2.27. The molecule has 2 aromatic carbocycles. The van der Waals surface area contributed by atoms with E-state index in [0.29, 0.717) is 13.2 Å². The molecule has 2 heterocycles. The van der Waals surface area contributed by atoms with E-state index in [4.69, 9.17) is 4.74 Å². The van der Waals surface area contributed by atoms with Gasteiger partial charge in [0, 0.05) is 38.4 Å². The summed E-state index contributed by atoms with van der Waals surface area (Å²) in [6, 6.07) is 13.5. The summed E-state index contributed by atoms with van der Waals surface area (Å²) in [5.74, 6) is -0.462. The highest BCUT2D eigenvalue weighted by Crippen LogP contribution is 2.23. The zero-order valence-corrected chi connectivity index (χ0v) is 22.6. The number of carbonyl (C=O) groups is 1. The fourth-order valence-electron chi connectivity index (χ4n) is 4.48. The Hall–Kier alpha value is -2.67. The van der Waals surface area contributed by atoms with Gasteiger partial charge in [-0.05, 0) is 61.2 Å². The van der Waals surface area contributed by atoms with Crippen LogP contribution in [0.3, 0.4) is 0 Å². The molecule has 0 saturated carbocycles. The molecule has 2 aliphatic heterocycles. The topological polar surface area (TPSA) is 116 Å². The maximum absolute atomic E-state index is 12.8. The molecule has 202 valence electrons. The molecule has 0 aliphatic carbocycles. The molecule has 0 unspecified atom stereocenters. The van der Waals surface area contributed by atoms with Crippen LogP contribution in [-0.4, -0.2) is 79.2 Å². The lowest BCUT2D eigenvalue weighted by Gasteiger charge is -2.28. The number of hydrogen-bond donors (Lipinski definition) is 1. The van der Waals surface area contributed by atoms with Crippen molar-refractivity contribution in [3.05, 3.63) is 54.1 Å². The van der Waals surface area contributed by atoms with Crippen LogP contribution in [-0.2, 0) is 36.1 Å². The monoisotopic (exact) mass is 550 g/mol. The van der Waals surface area contributed by atoms with Crippen molar-refractivity contribution in [2.75, 3.05) is 61.4 Å². The summed E-state index contributed by atoms with van der Waals surface area (Å²) < 4.78 is 58.1. The van der Waals surface area contributed by atoms with Crippen LogP contribution in [0.25, 0.3) is 0 Å². The highest BCUT2D eigenvalue weighted by atomic mass is 32.2. The Balaban J connectivity index is 1.38. The Labute approximate surface area is 219 Å². The van der Waals surface area contributed by atoms with Crippen molar-refractivity contribution < 1.29 is 26.4 Å². The summed E-state index contributed by atoms with van der Waals surface area (Å²) in [5, 5.41) is 2.78. The number of amides is 1. The molecule has 1 amide bonds. The maximum atomic E-state index is 12.8. The minimum Gasteiger partial charge on any atom is -0.379 e. The van der Waals surface area contributed by atoms with E-state index >= 15 is 0 Å². The van der Waals surface area contributed by atoms with Crippen LogP contribution in [0.4, 0.5) is 11.4 Å². The van der Waals surface area contributed by atoms with Crippen LogP contribution in [0.5, 0.6) is 0 Å². The molecule has 0 atom stereocenters. The van der Waals surface area contributed by atoms with Gasteiger partial charge in [-0.2, -0.15) is 4.31 Å². The van der Waals surface area contributed by atoms with E-state index in [9.17, 15) is 21.6 Å². The number of ether oxygens (including phenoxy) is 1. The SMILES string of the molecule is CS(=O)(=O)N(CC(=O)NCc1ccc(N2CCCCC2)cc1)c1ccc(S(=O)(=O)N2CCOCC2)cc1. The Morgan fingerprint density at radius 1 is 0.892 bits per heavy atom. The number of nitrogens with one attached hydrogen (secondary N) is 1. The minimum atomic E-state index is -3.79. The molecule has 0 radical (unpaired) electrons.